The Hall–Kier alpha value is -3.23. The second kappa shape index (κ2) is 5.65. The van der Waals surface area contributed by atoms with E-state index in [-0.39, 0.29) is 0 Å². The molecule has 0 aromatic carbocycles. The number of fused-ring (bicyclic) bond motifs is 2. The Kier molecular flexibility index (Phi) is 3.27. The second-order valence-electron chi connectivity index (χ2n) is 6.80. The summed E-state index contributed by atoms with van der Waals surface area (Å²) in [4.78, 5) is 14.2. The van der Waals surface area contributed by atoms with Crippen LogP contribution in [0.4, 0.5) is 11.6 Å². The molecule has 5 rings (SSSR count). The fraction of sp³-hybridized carbons (Fsp3) is 0.353. The van der Waals surface area contributed by atoms with Gasteiger partial charge >= 0.3 is 0 Å². The van der Waals surface area contributed by atoms with Crippen molar-refractivity contribution < 1.29 is 0 Å². The molecule has 4 aromatic heterocycles. The SMILES string of the molecule is Cc1cc2ncnc(NCC3CN(c4ccc5nnc(C)n5n4)C3)c2[nH]1. The molecule has 1 saturated heterocycles. The molecule has 0 amide bonds. The summed E-state index contributed by atoms with van der Waals surface area (Å²) in [6, 6.07) is 5.99. The first-order valence-corrected chi connectivity index (χ1v) is 8.65. The summed E-state index contributed by atoms with van der Waals surface area (Å²) in [5.74, 6) is 3.17. The maximum atomic E-state index is 4.62. The predicted octanol–water partition coefficient (Wildman–Crippen LogP) is 1.56. The highest BCUT2D eigenvalue weighted by Crippen LogP contribution is 2.24. The van der Waals surface area contributed by atoms with E-state index < -0.39 is 0 Å². The largest absolute Gasteiger partial charge is 0.368 e. The molecular formula is C17H19N9. The van der Waals surface area contributed by atoms with Crippen LogP contribution in [0.15, 0.2) is 24.5 Å². The van der Waals surface area contributed by atoms with E-state index in [9.17, 15) is 0 Å². The average molecular weight is 349 g/mol. The Morgan fingerprint density at radius 2 is 2.08 bits per heavy atom. The van der Waals surface area contributed by atoms with Crippen LogP contribution in [-0.4, -0.2) is 54.4 Å². The standard InChI is InChI=1S/C17H19N9/c1-10-5-13-16(21-10)17(20-9-19-13)18-6-12-7-25(8-12)15-4-3-14-23-22-11(2)26(14)24-15/h3-5,9,12,21H,6-8H2,1-2H3,(H,18,19,20). The number of aryl methyl sites for hydroxylation is 2. The van der Waals surface area contributed by atoms with Crippen molar-refractivity contribution in [3.63, 3.8) is 0 Å². The predicted molar refractivity (Wildman–Crippen MR) is 98.3 cm³/mol. The molecule has 0 spiro atoms. The molecule has 0 aliphatic carbocycles. The zero-order valence-corrected chi connectivity index (χ0v) is 14.6. The number of rotatable bonds is 4. The molecule has 132 valence electrons. The van der Waals surface area contributed by atoms with Gasteiger partial charge in [-0.25, -0.2) is 9.97 Å². The van der Waals surface area contributed by atoms with Crippen LogP contribution in [0.1, 0.15) is 11.5 Å². The van der Waals surface area contributed by atoms with E-state index in [1.807, 2.05) is 32.0 Å². The first-order chi connectivity index (χ1) is 12.7. The van der Waals surface area contributed by atoms with Crippen LogP contribution in [-0.2, 0) is 0 Å². The van der Waals surface area contributed by atoms with Gasteiger partial charge in [0.05, 0.1) is 5.52 Å². The van der Waals surface area contributed by atoms with Crippen molar-refractivity contribution in [2.24, 2.45) is 5.92 Å². The lowest BCUT2D eigenvalue weighted by Crippen LogP contribution is -2.50. The minimum atomic E-state index is 0.551. The highest BCUT2D eigenvalue weighted by atomic mass is 15.4. The lowest BCUT2D eigenvalue weighted by Gasteiger charge is -2.40. The maximum Gasteiger partial charge on any atom is 0.178 e. The van der Waals surface area contributed by atoms with Crippen molar-refractivity contribution in [3.8, 4) is 0 Å². The van der Waals surface area contributed by atoms with E-state index in [0.717, 1.165) is 59.5 Å². The zero-order valence-electron chi connectivity index (χ0n) is 14.6. The molecule has 2 N–H and O–H groups in total. The Bertz CT molecular complexity index is 1090. The summed E-state index contributed by atoms with van der Waals surface area (Å²) >= 11 is 0. The van der Waals surface area contributed by atoms with E-state index in [0.29, 0.717) is 5.92 Å². The minimum absolute atomic E-state index is 0.551. The van der Waals surface area contributed by atoms with Gasteiger partial charge in [0.1, 0.15) is 17.7 Å². The van der Waals surface area contributed by atoms with Gasteiger partial charge in [0.15, 0.2) is 17.3 Å². The number of nitrogens with zero attached hydrogens (tertiary/aromatic N) is 7. The van der Waals surface area contributed by atoms with Gasteiger partial charge < -0.3 is 15.2 Å². The van der Waals surface area contributed by atoms with Crippen LogP contribution in [0.5, 0.6) is 0 Å². The Balaban J connectivity index is 1.24. The highest BCUT2D eigenvalue weighted by molar-refractivity contribution is 5.86. The number of nitrogens with one attached hydrogen (secondary N) is 2. The van der Waals surface area contributed by atoms with Gasteiger partial charge in [-0.2, -0.15) is 4.52 Å². The molecule has 9 nitrogen and oxygen atoms in total. The first kappa shape index (κ1) is 15.1. The van der Waals surface area contributed by atoms with Gasteiger partial charge in [0, 0.05) is 31.2 Å². The molecule has 1 aliphatic heterocycles. The van der Waals surface area contributed by atoms with Gasteiger partial charge in [0.2, 0.25) is 0 Å². The lowest BCUT2D eigenvalue weighted by molar-refractivity contribution is 0.424. The third-order valence-electron chi connectivity index (χ3n) is 4.80. The Labute approximate surface area is 149 Å². The first-order valence-electron chi connectivity index (χ1n) is 8.65. The van der Waals surface area contributed by atoms with Crippen LogP contribution in [0.2, 0.25) is 0 Å². The number of hydrogen-bond donors (Lipinski definition) is 2. The van der Waals surface area contributed by atoms with Gasteiger partial charge in [-0.05, 0) is 32.0 Å². The van der Waals surface area contributed by atoms with Gasteiger partial charge in [0.25, 0.3) is 0 Å². The topological polar surface area (TPSA) is 99.9 Å². The minimum Gasteiger partial charge on any atom is -0.368 e. The molecule has 26 heavy (non-hydrogen) atoms. The maximum absolute atomic E-state index is 4.62. The monoisotopic (exact) mass is 349 g/mol. The fourth-order valence-corrected chi connectivity index (χ4v) is 3.39. The van der Waals surface area contributed by atoms with E-state index in [4.69, 9.17) is 0 Å². The van der Waals surface area contributed by atoms with Crippen molar-refractivity contribution >= 4 is 28.3 Å². The van der Waals surface area contributed by atoms with Crippen molar-refractivity contribution in [2.45, 2.75) is 13.8 Å². The molecule has 0 atom stereocenters. The molecule has 4 aromatic rings. The molecule has 5 heterocycles. The molecule has 0 unspecified atom stereocenters. The van der Waals surface area contributed by atoms with E-state index >= 15 is 0 Å². The third-order valence-corrected chi connectivity index (χ3v) is 4.80. The second-order valence-corrected chi connectivity index (χ2v) is 6.80. The Morgan fingerprint density at radius 1 is 1.19 bits per heavy atom. The van der Waals surface area contributed by atoms with Crippen LogP contribution in [0, 0.1) is 19.8 Å². The number of aromatic amines is 1. The van der Waals surface area contributed by atoms with Crippen LogP contribution < -0.4 is 10.2 Å². The quantitative estimate of drug-likeness (QED) is 0.577. The van der Waals surface area contributed by atoms with Crippen LogP contribution in [0.3, 0.4) is 0 Å². The van der Waals surface area contributed by atoms with E-state index in [1.54, 1.807) is 10.8 Å². The Morgan fingerprint density at radius 3 is 2.96 bits per heavy atom. The molecule has 1 aliphatic rings. The molecule has 0 bridgehead atoms. The third kappa shape index (κ3) is 2.43. The zero-order chi connectivity index (χ0) is 17.7. The molecule has 0 radical (unpaired) electrons. The summed E-state index contributed by atoms with van der Waals surface area (Å²) in [6.45, 7) is 6.73. The van der Waals surface area contributed by atoms with Crippen molar-refractivity contribution in [1.82, 2.24) is 34.8 Å². The molecular weight excluding hydrogens is 330 g/mol. The van der Waals surface area contributed by atoms with Crippen LogP contribution in [0.25, 0.3) is 16.7 Å². The van der Waals surface area contributed by atoms with Crippen LogP contribution >= 0.6 is 0 Å². The molecule has 0 saturated carbocycles. The number of hydrogen-bond acceptors (Lipinski definition) is 7. The highest BCUT2D eigenvalue weighted by Gasteiger charge is 2.28. The summed E-state index contributed by atoms with van der Waals surface area (Å²) in [7, 11) is 0. The smallest absolute Gasteiger partial charge is 0.178 e. The number of H-pyrrole nitrogens is 1. The number of aromatic nitrogens is 7. The van der Waals surface area contributed by atoms with Crippen molar-refractivity contribution in [1.29, 1.82) is 0 Å². The lowest BCUT2D eigenvalue weighted by atomic mass is 10.0. The van der Waals surface area contributed by atoms with Gasteiger partial charge in [-0.3, -0.25) is 0 Å². The van der Waals surface area contributed by atoms with Crippen molar-refractivity contribution in [3.05, 3.63) is 36.0 Å². The van der Waals surface area contributed by atoms with Crippen molar-refractivity contribution in [2.75, 3.05) is 29.9 Å². The summed E-state index contributed by atoms with van der Waals surface area (Å²) in [5.41, 5.74) is 3.77. The van der Waals surface area contributed by atoms with Gasteiger partial charge in [-0.1, -0.05) is 0 Å². The average Bonchev–Trinajstić information content (AvgIpc) is 3.16. The number of anilines is 2. The van der Waals surface area contributed by atoms with Gasteiger partial charge in [-0.15, -0.1) is 15.3 Å². The summed E-state index contributed by atoms with van der Waals surface area (Å²) in [5, 5.41) is 16.2. The fourth-order valence-electron chi connectivity index (χ4n) is 3.39. The van der Waals surface area contributed by atoms with E-state index in [1.165, 1.54) is 0 Å². The summed E-state index contributed by atoms with van der Waals surface area (Å²) in [6.07, 6.45) is 1.60. The normalized spacial score (nSPS) is 14.9. The molecule has 1 fully saturated rings. The molecule has 9 heteroatoms. The summed E-state index contributed by atoms with van der Waals surface area (Å²) < 4.78 is 1.78. The van der Waals surface area contributed by atoms with E-state index in [2.05, 4.69) is 40.5 Å².